The standard InChI is InChI=1S/C16H21F3N2O/c17-16(18,19)14(13-4-2-1-3-5-13)10-15(22)21-9-7-12-6-8-20-11-12/h1-5,12,14,20H,6-11H2,(H,21,22). The van der Waals surface area contributed by atoms with Gasteiger partial charge in [0.1, 0.15) is 0 Å². The quantitative estimate of drug-likeness (QED) is 0.848. The minimum Gasteiger partial charge on any atom is -0.356 e. The van der Waals surface area contributed by atoms with Gasteiger partial charge in [0.15, 0.2) is 0 Å². The first kappa shape index (κ1) is 16.8. The highest BCUT2D eigenvalue weighted by Crippen LogP contribution is 2.37. The van der Waals surface area contributed by atoms with Gasteiger partial charge in [0.2, 0.25) is 5.91 Å². The average molecular weight is 314 g/mol. The normalized spacial score (nSPS) is 19.9. The molecule has 2 rings (SSSR count). The molecule has 122 valence electrons. The number of carbonyl (C=O) groups excluding carboxylic acids is 1. The summed E-state index contributed by atoms with van der Waals surface area (Å²) in [6.45, 7) is 2.33. The van der Waals surface area contributed by atoms with E-state index >= 15 is 0 Å². The second-order valence-electron chi connectivity index (χ2n) is 5.71. The summed E-state index contributed by atoms with van der Waals surface area (Å²) >= 11 is 0. The lowest BCUT2D eigenvalue weighted by molar-refractivity contribution is -0.157. The maximum absolute atomic E-state index is 13.1. The molecule has 22 heavy (non-hydrogen) atoms. The van der Waals surface area contributed by atoms with E-state index in [1.54, 1.807) is 18.2 Å². The fourth-order valence-electron chi connectivity index (χ4n) is 2.74. The lowest BCUT2D eigenvalue weighted by Gasteiger charge is -2.20. The highest BCUT2D eigenvalue weighted by Gasteiger charge is 2.41. The molecule has 1 heterocycles. The van der Waals surface area contributed by atoms with Gasteiger partial charge in [-0.3, -0.25) is 4.79 Å². The molecule has 6 heteroatoms. The Morgan fingerprint density at radius 3 is 2.64 bits per heavy atom. The van der Waals surface area contributed by atoms with Crippen molar-refractivity contribution in [2.24, 2.45) is 5.92 Å². The van der Waals surface area contributed by atoms with Gasteiger partial charge in [-0.15, -0.1) is 0 Å². The van der Waals surface area contributed by atoms with Gasteiger partial charge in [-0.25, -0.2) is 0 Å². The summed E-state index contributed by atoms with van der Waals surface area (Å²) < 4.78 is 39.4. The van der Waals surface area contributed by atoms with Gasteiger partial charge in [0, 0.05) is 13.0 Å². The minimum absolute atomic E-state index is 0.130. The predicted molar refractivity (Wildman–Crippen MR) is 78.5 cm³/mol. The summed E-state index contributed by atoms with van der Waals surface area (Å²) in [4.78, 5) is 11.8. The first-order valence-electron chi connectivity index (χ1n) is 7.56. The van der Waals surface area contributed by atoms with E-state index in [0.29, 0.717) is 12.5 Å². The summed E-state index contributed by atoms with van der Waals surface area (Å²) in [5.41, 5.74) is 0.130. The second kappa shape index (κ2) is 7.63. The largest absolute Gasteiger partial charge is 0.396 e. The first-order valence-corrected chi connectivity index (χ1v) is 7.56. The molecule has 1 aliphatic rings. The number of carbonyl (C=O) groups is 1. The van der Waals surface area contributed by atoms with E-state index in [1.165, 1.54) is 12.1 Å². The van der Waals surface area contributed by atoms with Gasteiger partial charge in [-0.05, 0) is 37.4 Å². The van der Waals surface area contributed by atoms with Crippen LogP contribution in [0.2, 0.25) is 0 Å². The molecular weight excluding hydrogens is 293 g/mol. The number of hydrogen-bond donors (Lipinski definition) is 2. The Hall–Kier alpha value is -1.56. The minimum atomic E-state index is -4.42. The van der Waals surface area contributed by atoms with Crippen LogP contribution in [0.15, 0.2) is 30.3 Å². The summed E-state index contributed by atoms with van der Waals surface area (Å²) in [7, 11) is 0. The van der Waals surface area contributed by atoms with Crippen LogP contribution >= 0.6 is 0 Å². The van der Waals surface area contributed by atoms with Crippen LogP contribution in [0.5, 0.6) is 0 Å². The molecule has 0 aliphatic carbocycles. The van der Waals surface area contributed by atoms with Crippen LogP contribution in [0.3, 0.4) is 0 Å². The molecule has 0 aromatic heterocycles. The summed E-state index contributed by atoms with van der Waals surface area (Å²) in [5, 5.41) is 5.84. The molecule has 1 saturated heterocycles. The zero-order valence-corrected chi connectivity index (χ0v) is 12.3. The van der Waals surface area contributed by atoms with Gasteiger partial charge < -0.3 is 10.6 Å². The number of amides is 1. The number of hydrogen-bond acceptors (Lipinski definition) is 2. The zero-order valence-electron chi connectivity index (χ0n) is 12.3. The zero-order chi connectivity index (χ0) is 16.0. The third-order valence-electron chi connectivity index (χ3n) is 4.02. The number of benzene rings is 1. The van der Waals surface area contributed by atoms with Crippen LogP contribution in [0.4, 0.5) is 13.2 Å². The monoisotopic (exact) mass is 314 g/mol. The second-order valence-corrected chi connectivity index (χ2v) is 5.71. The summed E-state index contributed by atoms with van der Waals surface area (Å²) in [6.07, 6.45) is -3.11. The van der Waals surface area contributed by atoms with Gasteiger partial charge >= 0.3 is 6.18 Å². The van der Waals surface area contributed by atoms with Crippen molar-refractivity contribution >= 4 is 5.91 Å². The van der Waals surface area contributed by atoms with Crippen LogP contribution in [0, 0.1) is 5.92 Å². The Labute approximate surface area is 128 Å². The van der Waals surface area contributed by atoms with Crippen LogP contribution in [-0.2, 0) is 4.79 Å². The van der Waals surface area contributed by atoms with Crippen LogP contribution in [0.25, 0.3) is 0 Å². The number of halogens is 3. The molecule has 1 fully saturated rings. The molecular formula is C16H21F3N2O. The third-order valence-corrected chi connectivity index (χ3v) is 4.02. The van der Waals surface area contributed by atoms with Crippen LogP contribution < -0.4 is 10.6 Å². The molecule has 0 spiro atoms. The van der Waals surface area contributed by atoms with E-state index in [9.17, 15) is 18.0 Å². The number of nitrogens with one attached hydrogen (secondary N) is 2. The van der Waals surface area contributed by atoms with Crippen LogP contribution in [-0.4, -0.2) is 31.7 Å². The summed E-state index contributed by atoms with van der Waals surface area (Å²) in [6, 6.07) is 7.59. The van der Waals surface area contributed by atoms with Crippen molar-refractivity contribution in [2.45, 2.75) is 31.4 Å². The van der Waals surface area contributed by atoms with Crippen LogP contribution in [0.1, 0.15) is 30.7 Å². The van der Waals surface area contributed by atoms with Gasteiger partial charge in [-0.2, -0.15) is 13.2 Å². The molecule has 2 unspecified atom stereocenters. The Morgan fingerprint density at radius 2 is 2.05 bits per heavy atom. The maximum Gasteiger partial charge on any atom is 0.396 e. The van der Waals surface area contributed by atoms with Crippen molar-refractivity contribution in [3.63, 3.8) is 0 Å². The molecule has 3 nitrogen and oxygen atoms in total. The van der Waals surface area contributed by atoms with E-state index < -0.39 is 24.4 Å². The Bertz CT molecular complexity index is 470. The van der Waals surface area contributed by atoms with E-state index in [1.807, 2.05) is 0 Å². The Kier molecular flexibility index (Phi) is 5.83. The van der Waals surface area contributed by atoms with Crippen molar-refractivity contribution in [1.82, 2.24) is 10.6 Å². The topological polar surface area (TPSA) is 41.1 Å². The van der Waals surface area contributed by atoms with Gasteiger partial charge in [-0.1, -0.05) is 30.3 Å². The molecule has 0 radical (unpaired) electrons. The van der Waals surface area contributed by atoms with E-state index in [-0.39, 0.29) is 5.56 Å². The molecule has 2 atom stereocenters. The van der Waals surface area contributed by atoms with Crippen molar-refractivity contribution in [2.75, 3.05) is 19.6 Å². The SMILES string of the molecule is O=C(CC(c1ccccc1)C(F)(F)F)NCCC1CCNC1. The molecule has 0 bridgehead atoms. The highest BCUT2D eigenvalue weighted by molar-refractivity contribution is 5.77. The average Bonchev–Trinajstić information content (AvgIpc) is 2.98. The van der Waals surface area contributed by atoms with Crippen molar-refractivity contribution in [3.05, 3.63) is 35.9 Å². The lowest BCUT2D eigenvalue weighted by atomic mass is 9.94. The lowest BCUT2D eigenvalue weighted by Crippen LogP contribution is -2.31. The fourth-order valence-corrected chi connectivity index (χ4v) is 2.74. The van der Waals surface area contributed by atoms with Gasteiger partial charge in [0.25, 0.3) is 0 Å². The van der Waals surface area contributed by atoms with E-state index in [4.69, 9.17) is 0 Å². The summed E-state index contributed by atoms with van der Waals surface area (Å²) in [5.74, 6) is -1.79. The number of alkyl halides is 3. The smallest absolute Gasteiger partial charge is 0.356 e. The number of rotatable bonds is 6. The molecule has 1 amide bonds. The Balaban J connectivity index is 1.85. The predicted octanol–water partition coefficient (Wildman–Crippen LogP) is 2.84. The maximum atomic E-state index is 13.1. The van der Waals surface area contributed by atoms with E-state index in [2.05, 4.69) is 10.6 Å². The van der Waals surface area contributed by atoms with Gasteiger partial charge in [0.05, 0.1) is 5.92 Å². The van der Waals surface area contributed by atoms with E-state index in [0.717, 1.165) is 25.9 Å². The highest BCUT2D eigenvalue weighted by atomic mass is 19.4. The third kappa shape index (κ3) is 5.02. The molecule has 1 aromatic carbocycles. The fraction of sp³-hybridized carbons (Fsp3) is 0.562. The Morgan fingerprint density at radius 1 is 1.32 bits per heavy atom. The van der Waals surface area contributed by atoms with Crippen molar-refractivity contribution in [1.29, 1.82) is 0 Å². The van der Waals surface area contributed by atoms with Crippen molar-refractivity contribution in [3.8, 4) is 0 Å². The molecule has 1 aromatic rings. The molecule has 2 N–H and O–H groups in total. The molecule has 0 saturated carbocycles. The van der Waals surface area contributed by atoms with Crippen molar-refractivity contribution < 1.29 is 18.0 Å². The molecule has 1 aliphatic heterocycles. The first-order chi connectivity index (χ1) is 10.5.